The molecule has 5 nitrogen and oxygen atoms in total. The van der Waals surface area contributed by atoms with E-state index in [9.17, 15) is 4.79 Å². The summed E-state index contributed by atoms with van der Waals surface area (Å²) < 4.78 is 0.690. The average Bonchev–Trinajstić information content (AvgIpc) is 3.09. The molecule has 27 heavy (non-hydrogen) atoms. The molecule has 3 rings (SSSR count). The van der Waals surface area contributed by atoms with Crippen molar-refractivity contribution < 1.29 is 4.79 Å². The van der Waals surface area contributed by atoms with Gasteiger partial charge in [0.2, 0.25) is 5.13 Å². The highest BCUT2D eigenvalue weighted by molar-refractivity contribution is 7.23. The minimum Gasteiger partial charge on any atom is -0.321 e. The molecule has 1 heterocycles. The minimum atomic E-state index is -0.252. The van der Waals surface area contributed by atoms with Gasteiger partial charge in [-0.1, -0.05) is 59.2 Å². The van der Waals surface area contributed by atoms with E-state index in [1.165, 1.54) is 11.3 Å². The standard InChI is InChI=1S/C19H18Cl2N4OS/c1-4-11(3)24-25-19-23-16-13(20)9-14(15(21)17(16)27-19)22-18(26)12-7-5-10(2)6-8-12/h5-9H,4H2,1-3H3,(H,22,26)(H,23,25)/b24-11-. The van der Waals surface area contributed by atoms with Crippen LogP contribution in [-0.2, 0) is 0 Å². The van der Waals surface area contributed by atoms with E-state index in [-0.39, 0.29) is 5.91 Å². The number of hydrogen-bond donors (Lipinski definition) is 2. The van der Waals surface area contributed by atoms with Crippen LogP contribution in [0.15, 0.2) is 35.4 Å². The summed E-state index contributed by atoms with van der Waals surface area (Å²) in [5.74, 6) is -0.252. The van der Waals surface area contributed by atoms with Gasteiger partial charge in [-0.25, -0.2) is 4.98 Å². The summed E-state index contributed by atoms with van der Waals surface area (Å²) in [7, 11) is 0. The maximum atomic E-state index is 12.5. The lowest BCUT2D eigenvalue weighted by molar-refractivity contribution is 0.102. The molecule has 0 saturated heterocycles. The number of halogens is 2. The Labute approximate surface area is 171 Å². The van der Waals surface area contributed by atoms with E-state index in [0.717, 1.165) is 17.7 Å². The largest absolute Gasteiger partial charge is 0.321 e. The number of hydrazone groups is 1. The van der Waals surface area contributed by atoms with Crippen molar-refractivity contribution in [2.75, 3.05) is 10.7 Å². The van der Waals surface area contributed by atoms with Gasteiger partial charge in [0.05, 0.1) is 20.4 Å². The van der Waals surface area contributed by atoms with Crippen LogP contribution in [0.25, 0.3) is 10.2 Å². The third kappa shape index (κ3) is 4.40. The van der Waals surface area contributed by atoms with Gasteiger partial charge in [0.1, 0.15) is 5.52 Å². The molecule has 2 N–H and O–H groups in total. The zero-order valence-electron chi connectivity index (χ0n) is 15.1. The van der Waals surface area contributed by atoms with Gasteiger partial charge in [-0.05, 0) is 38.5 Å². The molecule has 0 unspecified atom stereocenters. The number of carbonyl (C=O) groups is 1. The van der Waals surface area contributed by atoms with Gasteiger partial charge in [-0.2, -0.15) is 5.10 Å². The molecule has 8 heteroatoms. The molecule has 0 atom stereocenters. The van der Waals surface area contributed by atoms with E-state index in [1.54, 1.807) is 18.2 Å². The first-order chi connectivity index (χ1) is 12.9. The molecule has 0 radical (unpaired) electrons. The monoisotopic (exact) mass is 420 g/mol. The van der Waals surface area contributed by atoms with E-state index in [4.69, 9.17) is 23.2 Å². The van der Waals surface area contributed by atoms with Crippen molar-refractivity contribution in [2.45, 2.75) is 27.2 Å². The molecule has 0 saturated carbocycles. The van der Waals surface area contributed by atoms with Crippen LogP contribution in [0.2, 0.25) is 10.0 Å². The first-order valence-corrected chi connectivity index (χ1v) is 9.92. The Morgan fingerprint density at radius 2 is 1.96 bits per heavy atom. The second-order valence-corrected chi connectivity index (χ2v) is 7.83. The summed E-state index contributed by atoms with van der Waals surface area (Å²) in [4.78, 5) is 16.9. The Morgan fingerprint density at radius 1 is 1.26 bits per heavy atom. The second-order valence-electron chi connectivity index (χ2n) is 6.05. The summed E-state index contributed by atoms with van der Waals surface area (Å²) in [6, 6.07) is 8.91. The molecule has 0 aliphatic carbocycles. The third-order valence-electron chi connectivity index (χ3n) is 3.98. The Hall–Kier alpha value is -2.15. The zero-order valence-corrected chi connectivity index (χ0v) is 17.4. The lowest BCUT2D eigenvalue weighted by Gasteiger charge is -2.09. The van der Waals surface area contributed by atoms with Crippen molar-refractivity contribution in [3.05, 3.63) is 51.5 Å². The minimum absolute atomic E-state index is 0.252. The fourth-order valence-electron chi connectivity index (χ4n) is 2.27. The number of benzene rings is 2. The molecule has 0 spiro atoms. The van der Waals surface area contributed by atoms with Crippen molar-refractivity contribution in [2.24, 2.45) is 5.10 Å². The number of nitrogens with one attached hydrogen (secondary N) is 2. The van der Waals surface area contributed by atoms with Gasteiger partial charge in [-0.15, -0.1) is 0 Å². The number of fused-ring (bicyclic) bond motifs is 1. The van der Waals surface area contributed by atoms with Crippen LogP contribution in [0, 0.1) is 6.92 Å². The number of amides is 1. The van der Waals surface area contributed by atoms with Crippen molar-refractivity contribution in [3.63, 3.8) is 0 Å². The predicted molar refractivity (Wildman–Crippen MR) is 116 cm³/mol. The average molecular weight is 421 g/mol. The quantitative estimate of drug-likeness (QED) is 0.372. The highest BCUT2D eigenvalue weighted by Gasteiger charge is 2.17. The predicted octanol–water partition coefficient (Wildman–Crippen LogP) is 6.36. The summed E-state index contributed by atoms with van der Waals surface area (Å²) >= 11 is 14.2. The van der Waals surface area contributed by atoms with Crippen molar-refractivity contribution >= 4 is 67.2 Å². The van der Waals surface area contributed by atoms with Crippen LogP contribution in [0.1, 0.15) is 36.2 Å². The van der Waals surface area contributed by atoms with Gasteiger partial charge < -0.3 is 5.32 Å². The molecule has 0 bridgehead atoms. The summed E-state index contributed by atoms with van der Waals surface area (Å²) in [6.45, 7) is 5.92. The van der Waals surface area contributed by atoms with Crippen LogP contribution in [-0.4, -0.2) is 16.6 Å². The highest BCUT2D eigenvalue weighted by Crippen LogP contribution is 2.41. The second kappa shape index (κ2) is 8.25. The Bertz CT molecular complexity index is 1030. The van der Waals surface area contributed by atoms with E-state index < -0.39 is 0 Å². The number of rotatable bonds is 5. The number of anilines is 2. The summed E-state index contributed by atoms with van der Waals surface area (Å²) in [5, 5.41) is 8.46. The maximum Gasteiger partial charge on any atom is 0.255 e. The first-order valence-electron chi connectivity index (χ1n) is 8.34. The van der Waals surface area contributed by atoms with Crippen molar-refractivity contribution in [1.29, 1.82) is 0 Å². The van der Waals surface area contributed by atoms with Gasteiger partial charge in [0.25, 0.3) is 5.91 Å². The Kier molecular flexibility index (Phi) is 5.99. The van der Waals surface area contributed by atoms with Crippen LogP contribution < -0.4 is 10.7 Å². The third-order valence-corrected chi connectivity index (χ3v) is 5.75. The van der Waals surface area contributed by atoms with Gasteiger partial charge in [0, 0.05) is 11.3 Å². The normalized spacial score (nSPS) is 11.7. The van der Waals surface area contributed by atoms with Crippen LogP contribution in [0.3, 0.4) is 0 Å². The van der Waals surface area contributed by atoms with Crippen LogP contribution in [0.5, 0.6) is 0 Å². The molecule has 0 fully saturated rings. The van der Waals surface area contributed by atoms with Crippen molar-refractivity contribution in [3.8, 4) is 0 Å². The fourth-order valence-corrected chi connectivity index (χ4v) is 3.75. The molecule has 0 aliphatic rings. The van der Waals surface area contributed by atoms with Gasteiger partial charge in [0.15, 0.2) is 0 Å². The Balaban J connectivity index is 1.91. The molecule has 1 amide bonds. The number of aromatic nitrogens is 1. The molecule has 0 aliphatic heterocycles. The number of nitrogens with zero attached hydrogens (tertiary/aromatic N) is 2. The Morgan fingerprint density at radius 3 is 2.63 bits per heavy atom. The van der Waals surface area contributed by atoms with Crippen molar-refractivity contribution in [1.82, 2.24) is 4.98 Å². The summed E-state index contributed by atoms with van der Waals surface area (Å²) in [5.41, 5.74) is 6.53. The topological polar surface area (TPSA) is 66.4 Å². The summed E-state index contributed by atoms with van der Waals surface area (Å²) in [6.07, 6.45) is 0.842. The molecule has 140 valence electrons. The van der Waals surface area contributed by atoms with E-state index in [1.807, 2.05) is 32.9 Å². The first kappa shape index (κ1) is 19.6. The number of carbonyl (C=O) groups excluding carboxylic acids is 1. The smallest absolute Gasteiger partial charge is 0.255 e. The van der Waals surface area contributed by atoms with E-state index in [0.29, 0.717) is 36.6 Å². The molecule has 1 aromatic heterocycles. The van der Waals surface area contributed by atoms with E-state index in [2.05, 4.69) is 20.8 Å². The van der Waals surface area contributed by atoms with Gasteiger partial charge >= 0.3 is 0 Å². The molecule has 3 aromatic rings. The molecular formula is C19H18Cl2N4OS. The maximum absolute atomic E-state index is 12.5. The molecule has 2 aromatic carbocycles. The SMILES string of the molecule is CC/C(C)=N\Nc1nc2c(Cl)cc(NC(=O)c3ccc(C)cc3)c(Cl)c2s1. The van der Waals surface area contributed by atoms with Gasteiger partial charge in [-0.3, -0.25) is 10.2 Å². The van der Waals surface area contributed by atoms with Crippen LogP contribution >= 0.6 is 34.5 Å². The highest BCUT2D eigenvalue weighted by atomic mass is 35.5. The lowest BCUT2D eigenvalue weighted by atomic mass is 10.1. The zero-order chi connectivity index (χ0) is 19.6. The fraction of sp³-hybridized carbons (Fsp3) is 0.211. The van der Waals surface area contributed by atoms with E-state index >= 15 is 0 Å². The number of thiazole rings is 1. The molecular weight excluding hydrogens is 403 g/mol. The number of hydrogen-bond acceptors (Lipinski definition) is 5. The lowest BCUT2D eigenvalue weighted by Crippen LogP contribution is -2.12. The number of aryl methyl sites for hydroxylation is 1. The van der Waals surface area contributed by atoms with Crippen LogP contribution in [0.4, 0.5) is 10.8 Å².